The average Bonchev–Trinajstić information content (AvgIpc) is 3.09. The second kappa shape index (κ2) is 8.20. The van der Waals surface area contributed by atoms with Crippen LogP contribution in [0, 0.1) is 0 Å². The highest BCUT2D eigenvalue weighted by Crippen LogP contribution is 2.23. The Morgan fingerprint density at radius 3 is 2.78 bits per heavy atom. The maximum Gasteiger partial charge on any atom is 0.226 e. The molecule has 2 heterocycles. The summed E-state index contributed by atoms with van der Waals surface area (Å²) >= 11 is 0. The van der Waals surface area contributed by atoms with Crippen molar-refractivity contribution in [2.24, 2.45) is 7.05 Å². The standard InChI is InChI=1S/C21H26N6/c1-27-20-18(15-24-27)19(23-14-17-10-6-3-7-11-17)25-21(26-20)22-13-12-16-8-4-2-5-9-16/h3,6-8,10-11,15H,2,4-5,9,12-14H2,1H3,(H2,22,23,25,26). The number of hydrogen-bond acceptors (Lipinski definition) is 5. The molecule has 0 saturated heterocycles. The van der Waals surface area contributed by atoms with E-state index in [4.69, 9.17) is 4.98 Å². The van der Waals surface area contributed by atoms with Crippen LogP contribution in [0.2, 0.25) is 0 Å². The lowest BCUT2D eigenvalue weighted by Crippen LogP contribution is -2.10. The first kappa shape index (κ1) is 17.5. The van der Waals surface area contributed by atoms with E-state index in [9.17, 15) is 0 Å². The number of hydrogen-bond donors (Lipinski definition) is 2. The van der Waals surface area contributed by atoms with E-state index in [-0.39, 0.29) is 0 Å². The minimum Gasteiger partial charge on any atom is -0.365 e. The molecule has 0 atom stereocenters. The van der Waals surface area contributed by atoms with E-state index in [0.717, 1.165) is 29.8 Å². The molecule has 4 rings (SSSR count). The SMILES string of the molecule is Cn1ncc2c(NCc3ccccc3)nc(NCCC3=CCCCC3)nc21. The van der Waals surface area contributed by atoms with Crippen LogP contribution >= 0.6 is 0 Å². The highest BCUT2D eigenvalue weighted by molar-refractivity contribution is 5.87. The highest BCUT2D eigenvalue weighted by atomic mass is 15.3. The van der Waals surface area contributed by atoms with E-state index in [1.54, 1.807) is 10.3 Å². The van der Waals surface area contributed by atoms with Gasteiger partial charge in [0.15, 0.2) is 5.65 Å². The van der Waals surface area contributed by atoms with Gasteiger partial charge in [0.2, 0.25) is 5.95 Å². The van der Waals surface area contributed by atoms with E-state index >= 15 is 0 Å². The van der Waals surface area contributed by atoms with Gasteiger partial charge >= 0.3 is 0 Å². The Hall–Kier alpha value is -2.89. The molecule has 27 heavy (non-hydrogen) atoms. The second-order valence-electron chi connectivity index (χ2n) is 7.03. The van der Waals surface area contributed by atoms with Gasteiger partial charge in [0.1, 0.15) is 5.82 Å². The predicted octanol–water partition coefficient (Wildman–Crippen LogP) is 4.28. The summed E-state index contributed by atoms with van der Waals surface area (Å²) in [6, 6.07) is 10.3. The number of benzene rings is 1. The number of allylic oxidation sites excluding steroid dienone is 1. The molecule has 3 aromatic rings. The Morgan fingerprint density at radius 2 is 1.96 bits per heavy atom. The quantitative estimate of drug-likeness (QED) is 0.614. The number of anilines is 2. The minimum atomic E-state index is 0.651. The number of fused-ring (bicyclic) bond motifs is 1. The lowest BCUT2D eigenvalue weighted by Gasteiger charge is -2.14. The van der Waals surface area contributed by atoms with Crippen molar-refractivity contribution in [2.45, 2.75) is 38.6 Å². The molecule has 2 aromatic heterocycles. The van der Waals surface area contributed by atoms with Crippen LogP contribution in [0.1, 0.15) is 37.7 Å². The Balaban J connectivity index is 1.49. The van der Waals surface area contributed by atoms with Crippen molar-refractivity contribution in [2.75, 3.05) is 17.2 Å². The topological polar surface area (TPSA) is 67.7 Å². The van der Waals surface area contributed by atoms with Gasteiger partial charge in [-0.2, -0.15) is 15.1 Å². The van der Waals surface area contributed by atoms with Gasteiger partial charge in [-0.15, -0.1) is 0 Å². The van der Waals surface area contributed by atoms with E-state index in [0.29, 0.717) is 12.5 Å². The van der Waals surface area contributed by atoms with Gasteiger partial charge in [0.25, 0.3) is 0 Å². The Morgan fingerprint density at radius 1 is 1.07 bits per heavy atom. The summed E-state index contributed by atoms with van der Waals surface area (Å²) < 4.78 is 1.79. The van der Waals surface area contributed by atoms with Gasteiger partial charge in [-0.25, -0.2) is 0 Å². The molecule has 1 aromatic carbocycles. The molecule has 0 aliphatic heterocycles. The van der Waals surface area contributed by atoms with Crippen molar-refractivity contribution >= 4 is 22.8 Å². The lowest BCUT2D eigenvalue weighted by atomic mass is 9.97. The van der Waals surface area contributed by atoms with Gasteiger partial charge in [-0.3, -0.25) is 4.68 Å². The minimum absolute atomic E-state index is 0.651. The van der Waals surface area contributed by atoms with Gasteiger partial charge in [0, 0.05) is 20.1 Å². The van der Waals surface area contributed by atoms with Gasteiger partial charge in [-0.05, 0) is 37.7 Å². The van der Waals surface area contributed by atoms with Crippen molar-refractivity contribution in [1.82, 2.24) is 19.7 Å². The fourth-order valence-electron chi connectivity index (χ4n) is 3.48. The van der Waals surface area contributed by atoms with E-state index in [1.807, 2.05) is 31.4 Å². The molecular weight excluding hydrogens is 336 g/mol. The molecule has 0 spiro atoms. The third-order valence-electron chi connectivity index (χ3n) is 5.01. The molecule has 140 valence electrons. The zero-order chi connectivity index (χ0) is 18.5. The van der Waals surface area contributed by atoms with Crippen LogP contribution < -0.4 is 10.6 Å². The van der Waals surface area contributed by atoms with E-state index in [2.05, 4.69) is 38.9 Å². The molecule has 1 aliphatic rings. The van der Waals surface area contributed by atoms with Crippen LogP contribution in [0.15, 0.2) is 48.2 Å². The number of aryl methyl sites for hydroxylation is 1. The molecule has 0 amide bonds. The fraction of sp³-hybridized carbons (Fsp3) is 0.381. The predicted molar refractivity (Wildman–Crippen MR) is 110 cm³/mol. The molecule has 1 aliphatic carbocycles. The molecule has 0 unspecified atom stereocenters. The number of nitrogens with one attached hydrogen (secondary N) is 2. The van der Waals surface area contributed by atoms with E-state index in [1.165, 1.54) is 31.2 Å². The highest BCUT2D eigenvalue weighted by Gasteiger charge is 2.12. The molecule has 6 nitrogen and oxygen atoms in total. The summed E-state index contributed by atoms with van der Waals surface area (Å²) in [6.07, 6.45) is 10.4. The third kappa shape index (κ3) is 4.27. The summed E-state index contributed by atoms with van der Waals surface area (Å²) in [4.78, 5) is 9.36. The smallest absolute Gasteiger partial charge is 0.226 e. The number of nitrogens with zero attached hydrogens (tertiary/aromatic N) is 4. The first-order valence-corrected chi connectivity index (χ1v) is 9.69. The maximum absolute atomic E-state index is 4.71. The average molecular weight is 362 g/mol. The molecule has 2 N–H and O–H groups in total. The summed E-state index contributed by atoms with van der Waals surface area (Å²) in [5, 5.41) is 12.1. The molecule has 0 radical (unpaired) electrons. The first-order valence-electron chi connectivity index (χ1n) is 9.69. The molecular formula is C21H26N6. The van der Waals surface area contributed by atoms with Crippen LogP contribution in [0.5, 0.6) is 0 Å². The van der Waals surface area contributed by atoms with Crippen LogP contribution in [-0.2, 0) is 13.6 Å². The van der Waals surface area contributed by atoms with Crippen LogP contribution in [0.25, 0.3) is 11.0 Å². The zero-order valence-corrected chi connectivity index (χ0v) is 15.8. The van der Waals surface area contributed by atoms with Gasteiger partial charge < -0.3 is 10.6 Å². The van der Waals surface area contributed by atoms with Crippen molar-refractivity contribution in [3.63, 3.8) is 0 Å². The van der Waals surface area contributed by atoms with Crippen molar-refractivity contribution in [1.29, 1.82) is 0 Å². The summed E-state index contributed by atoms with van der Waals surface area (Å²) in [5.74, 6) is 1.47. The van der Waals surface area contributed by atoms with Crippen molar-refractivity contribution < 1.29 is 0 Å². The van der Waals surface area contributed by atoms with Crippen LogP contribution in [0.3, 0.4) is 0 Å². The van der Waals surface area contributed by atoms with Crippen LogP contribution in [0.4, 0.5) is 11.8 Å². The monoisotopic (exact) mass is 362 g/mol. The third-order valence-corrected chi connectivity index (χ3v) is 5.01. The van der Waals surface area contributed by atoms with Crippen molar-refractivity contribution in [3.05, 3.63) is 53.7 Å². The molecule has 0 fully saturated rings. The second-order valence-corrected chi connectivity index (χ2v) is 7.03. The number of aromatic nitrogens is 4. The zero-order valence-electron chi connectivity index (χ0n) is 15.8. The summed E-state index contributed by atoms with van der Waals surface area (Å²) in [7, 11) is 1.91. The number of rotatable bonds is 7. The largest absolute Gasteiger partial charge is 0.365 e. The fourth-order valence-corrected chi connectivity index (χ4v) is 3.48. The lowest BCUT2D eigenvalue weighted by molar-refractivity contribution is 0.679. The van der Waals surface area contributed by atoms with Crippen molar-refractivity contribution in [3.8, 4) is 0 Å². The van der Waals surface area contributed by atoms with Crippen LogP contribution in [-0.4, -0.2) is 26.3 Å². The molecule has 0 bridgehead atoms. The molecule has 0 saturated carbocycles. The Kier molecular flexibility index (Phi) is 5.32. The van der Waals surface area contributed by atoms with Gasteiger partial charge in [-0.1, -0.05) is 42.0 Å². The normalized spacial score (nSPS) is 14.2. The summed E-state index contributed by atoms with van der Waals surface area (Å²) in [6.45, 7) is 1.57. The Labute approximate surface area is 159 Å². The summed E-state index contributed by atoms with van der Waals surface area (Å²) in [5.41, 5.74) is 3.60. The van der Waals surface area contributed by atoms with E-state index < -0.39 is 0 Å². The maximum atomic E-state index is 4.71. The van der Waals surface area contributed by atoms with Gasteiger partial charge in [0.05, 0.1) is 11.6 Å². The molecule has 6 heteroatoms. The first-order chi connectivity index (χ1) is 13.3. The Bertz CT molecular complexity index is 928.